The SMILES string of the molecule is N#CC1(CCF)CCS(=O)(=O)C1. The van der Waals surface area contributed by atoms with E-state index in [1.807, 2.05) is 6.07 Å². The molecule has 12 heavy (non-hydrogen) atoms. The lowest BCUT2D eigenvalue weighted by Gasteiger charge is -2.15. The first-order valence-corrected chi connectivity index (χ1v) is 5.53. The Morgan fingerprint density at radius 2 is 2.25 bits per heavy atom. The molecule has 0 radical (unpaired) electrons. The normalized spacial score (nSPS) is 33.0. The molecule has 5 heteroatoms. The Hall–Kier alpha value is -0.630. The largest absolute Gasteiger partial charge is 0.251 e. The number of hydrogen-bond acceptors (Lipinski definition) is 3. The summed E-state index contributed by atoms with van der Waals surface area (Å²) in [5, 5.41) is 8.70. The zero-order chi connectivity index (χ0) is 9.24. The lowest BCUT2D eigenvalue weighted by molar-refractivity contribution is 0.342. The van der Waals surface area contributed by atoms with E-state index in [4.69, 9.17) is 5.26 Å². The van der Waals surface area contributed by atoms with Gasteiger partial charge in [-0.1, -0.05) is 0 Å². The third-order valence-electron chi connectivity index (χ3n) is 2.20. The first-order chi connectivity index (χ1) is 5.54. The van der Waals surface area contributed by atoms with E-state index in [0.717, 1.165) is 0 Å². The second-order valence-electron chi connectivity index (χ2n) is 3.17. The van der Waals surface area contributed by atoms with Crippen molar-refractivity contribution >= 4 is 9.84 Å². The van der Waals surface area contributed by atoms with E-state index < -0.39 is 21.9 Å². The molecule has 0 N–H and O–H groups in total. The van der Waals surface area contributed by atoms with Gasteiger partial charge in [0.1, 0.15) is 0 Å². The molecule has 0 aromatic heterocycles. The second kappa shape index (κ2) is 3.02. The van der Waals surface area contributed by atoms with Gasteiger partial charge >= 0.3 is 0 Å². The summed E-state index contributed by atoms with van der Waals surface area (Å²) in [4.78, 5) is 0. The molecule has 0 spiro atoms. The van der Waals surface area contributed by atoms with Crippen molar-refractivity contribution in [2.75, 3.05) is 18.2 Å². The van der Waals surface area contributed by atoms with Crippen molar-refractivity contribution in [3.63, 3.8) is 0 Å². The fourth-order valence-corrected chi connectivity index (χ4v) is 3.48. The summed E-state index contributed by atoms with van der Waals surface area (Å²) >= 11 is 0. The van der Waals surface area contributed by atoms with Gasteiger partial charge in [0.05, 0.1) is 29.7 Å². The molecule has 0 bridgehead atoms. The Balaban J connectivity index is 2.81. The quantitative estimate of drug-likeness (QED) is 0.644. The molecule has 1 atom stereocenters. The van der Waals surface area contributed by atoms with E-state index >= 15 is 0 Å². The molecule has 1 heterocycles. The Morgan fingerprint density at radius 1 is 1.58 bits per heavy atom. The highest BCUT2D eigenvalue weighted by Crippen LogP contribution is 2.34. The van der Waals surface area contributed by atoms with Gasteiger partial charge in [-0.2, -0.15) is 5.26 Å². The van der Waals surface area contributed by atoms with E-state index in [9.17, 15) is 12.8 Å². The van der Waals surface area contributed by atoms with E-state index in [-0.39, 0.29) is 24.3 Å². The molecule has 0 aromatic carbocycles. The average molecular weight is 191 g/mol. The Bertz CT molecular complexity index is 306. The summed E-state index contributed by atoms with van der Waals surface area (Å²) in [6, 6.07) is 1.91. The van der Waals surface area contributed by atoms with Crippen LogP contribution in [0.2, 0.25) is 0 Å². The van der Waals surface area contributed by atoms with Crippen molar-refractivity contribution in [3.8, 4) is 6.07 Å². The maximum atomic E-state index is 12.0. The number of nitrogens with zero attached hydrogens (tertiary/aromatic N) is 1. The first-order valence-electron chi connectivity index (χ1n) is 3.71. The minimum atomic E-state index is -3.08. The van der Waals surface area contributed by atoms with E-state index in [1.165, 1.54) is 0 Å². The van der Waals surface area contributed by atoms with Gasteiger partial charge in [0.2, 0.25) is 0 Å². The summed E-state index contributed by atoms with van der Waals surface area (Å²) in [7, 11) is -3.08. The Kier molecular flexibility index (Phi) is 2.38. The molecule has 1 rings (SSSR count). The number of alkyl halides is 1. The van der Waals surface area contributed by atoms with E-state index in [1.54, 1.807) is 0 Å². The van der Waals surface area contributed by atoms with Gasteiger partial charge in [-0.15, -0.1) is 0 Å². The van der Waals surface area contributed by atoms with Crippen LogP contribution in [0.4, 0.5) is 4.39 Å². The minimum absolute atomic E-state index is 0.0283. The van der Waals surface area contributed by atoms with Crippen LogP contribution in [0.3, 0.4) is 0 Å². The number of rotatable bonds is 2. The number of sulfone groups is 1. The maximum absolute atomic E-state index is 12.0. The lowest BCUT2D eigenvalue weighted by Crippen LogP contribution is -2.20. The summed E-state index contributed by atoms with van der Waals surface area (Å²) < 4.78 is 34.0. The highest BCUT2D eigenvalue weighted by Gasteiger charge is 2.42. The minimum Gasteiger partial charge on any atom is -0.251 e. The van der Waals surface area contributed by atoms with Crippen LogP contribution in [0.25, 0.3) is 0 Å². The van der Waals surface area contributed by atoms with Crippen molar-refractivity contribution in [2.45, 2.75) is 12.8 Å². The monoisotopic (exact) mass is 191 g/mol. The average Bonchev–Trinajstić information content (AvgIpc) is 2.29. The second-order valence-corrected chi connectivity index (χ2v) is 5.36. The van der Waals surface area contributed by atoms with Crippen LogP contribution in [0, 0.1) is 16.7 Å². The van der Waals surface area contributed by atoms with E-state index in [0.29, 0.717) is 0 Å². The lowest BCUT2D eigenvalue weighted by atomic mass is 9.86. The van der Waals surface area contributed by atoms with Crippen LogP contribution in [0.15, 0.2) is 0 Å². The number of nitriles is 1. The van der Waals surface area contributed by atoms with Gasteiger partial charge in [0, 0.05) is 0 Å². The molecule has 3 nitrogen and oxygen atoms in total. The van der Waals surface area contributed by atoms with Crippen LogP contribution in [0.5, 0.6) is 0 Å². The van der Waals surface area contributed by atoms with Gasteiger partial charge in [0.15, 0.2) is 9.84 Å². The third-order valence-corrected chi connectivity index (χ3v) is 4.02. The van der Waals surface area contributed by atoms with Crippen molar-refractivity contribution in [2.24, 2.45) is 5.41 Å². The highest BCUT2D eigenvalue weighted by molar-refractivity contribution is 7.91. The first kappa shape index (κ1) is 9.46. The van der Waals surface area contributed by atoms with Gasteiger partial charge in [-0.3, -0.25) is 4.39 Å². The number of hydrogen-bond donors (Lipinski definition) is 0. The molecule has 1 aliphatic heterocycles. The molecule has 68 valence electrons. The summed E-state index contributed by atoms with van der Waals surface area (Å²) in [6.45, 7) is -0.622. The van der Waals surface area contributed by atoms with Crippen LogP contribution in [-0.2, 0) is 9.84 Å². The molecular weight excluding hydrogens is 181 g/mol. The van der Waals surface area contributed by atoms with Crippen molar-refractivity contribution in [1.82, 2.24) is 0 Å². The molecule has 0 amide bonds. The number of halogens is 1. The molecule has 1 saturated heterocycles. The summed E-state index contributed by atoms with van der Waals surface area (Å²) in [5.41, 5.74) is -0.937. The van der Waals surface area contributed by atoms with Gasteiger partial charge < -0.3 is 0 Å². The smallest absolute Gasteiger partial charge is 0.151 e. The predicted molar refractivity (Wildman–Crippen MR) is 41.9 cm³/mol. The molecule has 1 fully saturated rings. The van der Waals surface area contributed by atoms with Crippen LogP contribution in [0.1, 0.15) is 12.8 Å². The van der Waals surface area contributed by atoms with Crippen molar-refractivity contribution < 1.29 is 12.8 Å². The van der Waals surface area contributed by atoms with Crippen molar-refractivity contribution in [1.29, 1.82) is 5.26 Å². The van der Waals surface area contributed by atoms with E-state index in [2.05, 4.69) is 0 Å². The standard InChI is InChI=1S/C7H10FNO2S/c8-3-1-7(5-9)2-4-12(10,11)6-7/h1-4,6H2. The Labute approximate surface area is 71.1 Å². The van der Waals surface area contributed by atoms with Gasteiger partial charge in [0.25, 0.3) is 0 Å². The zero-order valence-corrected chi connectivity index (χ0v) is 7.40. The third kappa shape index (κ3) is 1.75. The molecular formula is C7H10FNO2S. The Morgan fingerprint density at radius 3 is 2.58 bits per heavy atom. The maximum Gasteiger partial charge on any atom is 0.151 e. The van der Waals surface area contributed by atoms with Crippen LogP contribution in [-0.4, -0.2) is 26.6 Å². The van der Waals surface area contributed by atoms with Crippen LogP contribution >= 0.6 is 0 Å². The molecule has 0 saturated carbocycles. The van der Waals surface area contributed by atoms with Crippen LogP contribution < -0.4 is 0 Å². The van der Waals surface area contributed by atoms with Crippen molar-refractivity contribution in [3.05, 3.63) is 0 Å². The molecule has 1 unspecified atom stereocenters. The molecule has 0 aliphatic carbocycles. The molecule has 0 aromatic rings. The summed E-state index contributed by atoms with van der Waals surface area (Å²) in [6.07, 6.45) is 0.332. The highest BCUT2D eigenvalue weighted by atomic mass is 32.2. The zero-order valence-electron chi connectivity index (χ0n) is 6.59. The van der Waals surface area contributed by atoms with Gasteiger partial charge in [-0.05, 0) is 12.8 Å². The van der Waals surface area contributed by atoms with Gasteiger partial charge in [-0.25, -0.2) is 8.42 Å². The fraction of sp³-hybridized carbons (Fsp3) is 0.857. The topological polar surface area (TPSA) is 57.9 Å². The fourth-order valence-electron chi connectivity index (χ4n) is 1.44. The molecule has 1 aliphatic rings. The summed E-state index contributed by atoms with van der Waals surface area (Å²) in [5.74, 6) is -0.138. The predicted octanol–water partition coefficient (Wildman–Crippen LogP) is 0.674.